The number of nitrogens with one attached hydrogen (secondary N) is 1. The number of carbonyl (C=O) groups excluding carboxylic acids is 2. The lowest BCUT2D eigenvalue weighted by molar-refractivity contribution is -0.139. The molecular weight excluding hydrogens is 396 g/mol. The van der Waals surface area contributed by atoms with Crippen LogP contribution in [0.15, 0.2) is 12.1 Å². The Hall–Kier alpha value is -2.13. The van der Waals surface area contributed by atoms with E-state index in [1.165, 1.54) is 11.8 Å². The summed E-state index contributed by atoms with van der Waals surface area (Å²) < 4.78 is 21.9. The van der Waals surface area contributed by atoms with Crippen LogP contribution in [0.1, 0.15) is 20.8 Å². The van der Waals surface area contributed by atoms with Crippen LogP contribution >= 0.6 is 11.8 Å². The van der Waals surface area contributed by atoms with Gasteiger partial charge >= 0.3 is 5.97 Å². The predicted octanol–water partition coefficient (Wildman–Crippen LogP) is 2.56. The van der Waals surface area contributed by atoms with Crippen molar-refractivity contribution in [2.45, 2.75) is 20.8 Å². The Balaban J connectivity index is 2.13. The predicted molar refractivity (Wildman–Crippen MR) is 114 cm³/mol. The summed E-state index contributed by atoms with van der Waals surface area (Å²) in [7, 11) is 0. The topological polar surface area (TPSA) is 86.3 Å². The third-order valence-corrected chi connectivity index (χ3v) is 4.95. The Labute approximate surface area is 176 Å². The van der Waals surface area contributed by atoms with E-state index in [2.05, 4.69) is 10.2 Å². The Bertz CT molecular complexity index is 679. The van der Waals surface area contributed by atoms with Crippen molar-refractivity contribution in [2.75, 3.05) is 67.8 Å². The fourth-order valence-electron chi connectivity index (χ4n) is 2.86. The van der Waals surface area contributed by atoms with Gasteiger partial charge in [0, 0.05) is 25.2 Å². The Kier molecular flexibility index (Phi) is 9.93. The van der Waals surface area contributed by atoms with Gasteiger partial charge in [0.15, 0.2) is 0 Å². The molecule has 0 saturated carbocycles. The number of esters is 1. The highest BCUT2D eigenvalue weighted by Gasteiger charge is 2.20. The minimum atomic E-state index is -0.325. The molecule has 9 heteroatoms. The molecule has 1 amide bonds. The van der Waals surface area contributed by atoms with Gasteiger partial charge in [-0.2, -0.15) is 0 Å². The third-order valence-electron chi connectivity index (χ3n) is 4.05. The van der Waals surface area contributed by atoms with E-state index in [-0.39, 0.29) is 23.4 Å². The molecule has 0 atom stereocenters. The van der Waals surface area contributed by atoms with E-state index in [0.29, 0.717) is 50.2 Å². The molecule has 1 aliphatic heterocycles. The molecule has 1 aliphatic rings. The lowest BCUT2D eigenvalue weighted by atomic mass is 10.2. The molecular formula is C20H30N2O6S. The van der Waals surface area contributed by atoms with Gasteiger partial charge < -0.3 is 29.2 Å². The number of anilines is 2. The highest BCUT2D eigenvalue weighted by Crippen LogP contribution is 2.39. The van der Waals surface area contributed by atoms with Crippen LogP contribution in [0, 0.1) is 0 Å². The Morgan fingerprint density at radius 1 is 1.03 bits per heavy atom. The average molecular weight is 427 g/mol. The van der Waals surface area contributed by atoms with Crippen LogP contribution in [-0.2, 0) is 19.1 Å². The molecule has 162 valence electrons. The molecule has 1 N–H and O–H groups in total. The van der Waals surface area contributed by atoms with Crippen molar-refractivity contribution in [1.29, 1.82) is 0 Å². The summed E-state index contributed by atoms with van der Waals surface area (Å²) >= 11 is 1.21. The van der Waals surface area contributed by atoms with Crippen LogP contribution in [0.5, 0.6) is 11.5 Å². The second kappa shape index (κ2) is 12.4. The summed E-state index contributed by atoms with van der Waals surface area (Å²) in [6.45, 7) is 9.72. The zero-order valence-electron chi connectivity index (χ0n) is 17.3. The number of nitrogens with zero attached hydrogens (tertiary/aromatic N) is 1. The van der Waals surface area contributed by atoms with Gasteiger partial charge in [-0.1, -0.05) is 0 Å². The first-order chi connectivity index (χ1) is 14.1. The van der Waals surface area contributed by atoms with Crippen LogP contribution in [0.3, 0.4) is 0 Å². The van der Waals surface area contributed by atoms with E-state index < -0.39 is 0 Å². The molecule has 0 aromatic heterocycles. The molecule has 1 aromatic carbocycles. The summed E-state index contributed by atoms with van der Waals surface area (Å²) in [5.74, 6) is 1.00. The van der Waals surface area contributed by atoms with Crippen molar-refractivity contribution in [2.24, 2.45) is 0 Å². The summed E-state index contributed by atoms with van der Waals surface area (Å²) in [5, 5.41) is 2.87. The van der Waals surface area contributed by atoms with Crippen molar-refractivity contribution < 1.29 is 28.5 Å². The van der Waals surface area contributed by atoms with Crippen LogP contribution in [0.25, 0.3) is 0 Å². The van der Waals surface area contributed by atoms with Gasteiger partial charge in [-0.3, -0.25) is 9.59 Å². The van der Waals surface area contributed by atoms with Crippen molar-refractivity contribution in [1.82, 2.24) is 0 Å². The second-order valence-electron chi connectivity index (χ2n) is 6.13. The van der Waals surface area contributed by atoms with E-state index in [0.717, 1.165) is 18.8 Å². The number of amides is 1. The Morgan fingerprint density at radius 3 is 2.38 bits per heavy atom. The normalized spacial score (nSPS) is 13.7. The number of rotatable bonds is 11. The number of hydrogen-bond donors (Lipinski definition) is 1. The molecule has 1 aromatic rings. The van der Waals surface area contributed by atoms with Crippen molar-refractivity contribution in [3.05, 3.63) is 12.1 Å². The first-order valence-corrected chi connectivity index (χ1v) is 11.0. The third kappa shape index (κ3) is 7.32. The molecule has 0 aliphatic carbocycles. The smallest absolute Gasteiger partial charge is 0.315 e. The number of carbonyl (C=O) groups is 2. The number of thioether (sulfide) groups is 1. The highest BCUT2D eigenvalue weighted by molar-refractivity contribution is 8.00. The molecule has 1 fully saturated rings. The highest BCUT2D eigenvalue weighted by atomic mass is 32.2. The molecule has 2 rings (SSSR count). The Morgan fingerprint density at radius 2 is 1.72 bits per heavy atom. The van der Waals surface area contributed by atoms with Gasteiger partial charge in [-0.25, -0.2) is 0 Å². The van der Waals surface area contributed by atoms with Gasteiger partial charge in [0.1, 0.15) is 11.5 Å². The monoisotopic (exact) mass is 426 g/mol. The zero-order chi connectivity index (χ0) is 21.1. The molecule has 0 spiro atoms. The summed E-state index contributed by atoms with van der Waals surface area (Å²) in [4.78, 5) is 26.0. The number of benzene rings is 1. The largest absolute Gasteiger partial charge is 0.492 e. The van der Waals surface area contributed by atoms with Gasteiger partial charge in [-0.15, -0.1) is 11.8 Å². The first kappa shape index (κ1) is 23.2. The molecule has 29 heavy (non-hydrogen) atoms. The first-order valence-electron chi connectivity index (χ1n) is 9.88. The molecule has 1 saturated heterocycles. The molecule has 8 nitrogen and oxygen atoms in total. The SMILES string of the molecule is CCOC(=O)CSCC(=O)Nc1cc(OCC)c(N2CCOCC2)cc1OCC. The average Bonchev–Trinajstić information content (AvgIpc) is 2.71. The summed E-state index contributed by atoms with van der Waals surface area (Å²) in [6, 6.07) is 3.70. The second-order valence-corrected chi connectivity index (χ2v) is 7.11. The molecule has 0 bridgehead atoms. The quantitative estimate of drug-likeness (QED) is 0.541. The van der Waals surface area contributed by atoms with Crippen molar-refractivity contribution in [3.63, 3.8) is 0 Å². The maximum atomic E-state index is 12.4. The van der Waals surface area contributed by atoms with Gasteiger partial charge in [-0.05, 0) is 20.8 Å². The fraction of sp³-hybridized carbons (Fsp3) is 0.600. The maximum Gasteiger partial charge on any atom is 0.315 e. The molecule has 1 heterocycles. The van der Waals surface area contributed by atoms with E-state index in [1.54, 1.807) is 13.0 Å². The van der Waals surface area contributed by atoms with Gasteiger partial charge in [0.2, 0.25) is 5.91 Å². The lowest BCUT2D eigenvalue weighted by Gasteiger charge is -2.31. The number of hydrogen-bond acceptors (Lipinski definition) is 8. The van der Waals surface area contributed by atoms with E-state index in [1.807, 2.05) is 19.9 Å². The number of ether oxygens (including phenoxy) is 4. The summed E-state index contributed by atoms with van der Waals surface area (Å²) in [6.07, 6.45) is 0. The zero-order valence-corrected chi connectivity index (χ0v) is 18.1. The van der Waals surface area contributed by atoms with Crippen LogP contribution in [0.2, 0.25) is 0 Å². The van der Waals surface area contributed by atoms with Gasteiger partial charge in [0.25, 0.3) is 0 Å². The minimum Gasteiger partial charge on any atom is -0.492 e. The van der Waals surface area contributed by atoms with E-state index in [9.17, 15) is 9.59 Å². The van der Waals surface area contributed by atoms with E-state index in [4.69, 9.17) is 18.9 Å². The van der Waals surface area contributed by atoms with Crippen molar-refractivity contribution in [3.8, 4) is 11.5 Å². The summed E-state index contributed by atoms with van der Waals surface area (Å²) in [5.41, 5.74) is 1.47. The van der Waals surface area contributed by atoms with Crippen molar-refractivity contribution >= 4 is 35.0 Å². The minimum absolute atomic E-state index is 0.138. The van der Waals surface area contributed by atoms with Crippen LogP contribution < -0.4 is 19.7 Å². The fourth-order valence-corrected chi connectivity index (χ4v) is 3.47. The standard InChI is InChI=1S/C20H30N2O6S/c1-4-26-17-12-16(22-7-9-25-10-8-22)18(27-5-2)11-15(17)21-19(23)13-29-14-20(24)28-6-3/h11-12H,4-10,13-14H2,1-3H3,(H,21,23). The van der Waals surface area contributed by atoms with Crippen LogP contribution in [0.4, 0.5) is 11.4 Å². The molecule has 0 radical (unpaired) electrons. The maximum absolute atomic E-state index is 12.4. The lowest BCUT2D eigenvalue weighted by Crippen LogP contribution is -2.36. The molecule has 0 unspecified atom stereocenters. The number of morpholine rings is 1. The van der Waals surface area contributed by atoms with Gasteiger partial charge in [0.05, 0.1) is 55.9 Å². The van der Waals surface area contributed by atoms with Crippen LogP contribution in [-0.4, -0.2) is 69.5 Å². The van der Waals surface area contributed by atoms with E-state index >= 15 is 0 Å².